The predicted molar refractivity (Wildman–Crippen MR) is 394 cm³/mol. The van der Waals surface area contributed by atoms with Crippen LogP contribution in [0.25, 0.3) is 0 Å². The van der Waals surface area contributed by atoms with Crippen molar-refractivity contribution in [1.29, 1.82) is 2.56 Å². The van der Waals surface area contributed by atoms with Crippen LogP contribution in [0.15, 0.2) is 243 Å². The Hall–Kier alpha value is -6.41. The summed E-state index contributed by atoms with van der Waals surface area (Å²) in [5, 5.41) is 105. The Kier molecular flexibility index (Phi) is 216. The second kappa shape index (κ2) is 160. The molecule has 8 aromatic rings. The van der Waals surface area contributed by atoms with Crippen molar-refractivity contribution < 1.29 is 76.6 Å². The highest BCUT2D eigenvalue weighted by Gasteiger charge is 1.76. The normalized spacial score (nSPS) is 6.79. The van der Waals surface area contributed by atoms with E-state index in [9.17, 15) is 0 Å². The van der Waals surface area contributed by atoms with Gasteiger partial charge in [-0.25, -0.2) is 0 Å². The number of aliphatic hydroxyl groups is 15. The predicted octanol–water partition coefficient (Wildman–Crippen LogP) is 11.2. The fraction of sp³-hybridized carbons (Fsp3) is 0.342. The summed E-state index contributed by atoms with van der Waals surface area (Å²) in [5.41, 5.74) is 10.6. The highest BCUT2D eigenvalue weighted by molar-refractivity contribution is 6.92. The van der Waals surface area contributed by atoms with E-state index in [0.717, 1.165) is 107 Å². The van der Waals surface area contributed by atoms with E-state index in [1.54, 1.807) is 0 Å². The smallest absolute Gasteiger partial charge is 0.0511 e. The topological polar surface area (TPSA) is 303 Å². The number of hydrogen-bond donors (Lipinski definition) is 15. The van der Waals surface area contributed by atoms with E-state index in [1.807, 2.05) is 159 Å². The van der Waals surface area contributed by atoms with E-state index in [-0.39, 0.29) is 0 Å². The number of aryl methyl sites for hydroxylation is 8. The Morgan fingerprint density at radius 1 is 0.157 bits per heavy atom. The summed E-state index contributed by atoms with van der Waals surface area (Å²) in [5.74, 6) is 0. The van der Waals surface area contributed by atoms with Crippen molar-refractivity contribution in [3.05, 3.63) is 287 Å². The molecule has 15 nitrogen and oxygen atoms in total. The van der Waals surface area contributed by atoms with Crippen molar-refractivity contribution in [2.45, 2.75) is 69.2 Å². The average Bonchev–Trinajstić information content (AvgIpc) is 3.66. The van der Waals surface area contributed by atoms with Crippen molar-refractivity contribution in [3.63, 3.8) is 0 Å². The molecule has 0 radical (unpaired) electrons. The summed E-state index contributed by atoms with van der Waals surface area (Å²) < 4.78 is 11.8. The van der Waals surface area contributed by atoms with Gasteiger partial charge in [-0.2, -0.15) is 9.79 Å². The lowest BCUT2D eigenvalue weighted by molar-refractivity contribution is 0.399. The lowest BCUT2D eigenvalue weighted by Crippen LogP contribution is -1.62. The zero-order valence-corrected chi connectivity index (χ0v) is 60.3. The first kappa shape index (κ1) is 120. The molecule has 520 valence electrons. The average molecular weight is 1280 g/mol. The minimum absolute atomic E-state index is 0.417. The van der Waals surface area contributed by atoms with Crippen LogP contribution in [0.1, 0.15) is 58.4 Å². The van der Waals surface area contributed by atoms with Gasteiger partial charge in [0.1, 0.15) is 0 Å². The van der Waals surface area contributed by atoms with Crippen LogP contribution in [0, 0.1) is 55.4 Å². The summed E-state index contributed by atoms with van der Waals surface area (Å²) in [7, 11) is 14.6. The van der Waals surface area contributed by atoms with Gasteiger partial charge in [0.05, 0.1) is 2.56 Å². The van der Waals surface area contributed by atoms with E-state index < -0.39 is 9.79 Å². The van der Waals surface area contributed by atoms with Crippen molar-refractivity contribution in [1.82, 2.24) is 0 Å². The maximum absolute atomic E-state index is 7.00. The quantitative estimate of drug-likeness (QED) is 0.0628. The van der Waals surface area contributed by atoms with Gasteiger partial charge in [-0.15, -0.1) is 0 Å². The summed E-state index contributed by atoms with van der Waals surface area (Å²) in [4.78, 5) is 0. The molecule has 0 atom stereocenters. The lowest BCUT2D eigenvalue weighted by Gasteiger charge is -1.82. The number of hydrogen-bond acceptors (Lipinski definition) is 15. The van der Waals surface area contributed by atoms with Crippen LogP contribution in [0.5, 0.6) is 0 Å². The van der Waals surface area contributed by atoms with E-state index in [1.165, 1.54) is 44.5 Å². The first-order valence-corrected chi connectivity index (χ1v) is 27.0. The van der Waals surface area contributed by atoms with Crippen LogP contribution in [-0.4, -0.2) is 186 Å². The third kappa shape index (κ3) is 156. The minimum atomic E-state index is -0.417. The molecule has 0 unspecified atom stereocenters. The summed E-state index contributed by atoms with van der Waals surface area (Å²) >= 11 is 0. The highest BCUT2D eigenvalue weighted by Crippen LogP contribution is 1.96. The standard InChI is InChI=1S/8C7H8.C2H6.15CH4O.H3P/c8*1-7-5-3-2-4-6-7;16*1-2;/h8*2-6H,1H3;1-2H3;15*2H,1H3;1H3/i;;;;;;;;;;;;;;;;;;;;;;;;1D2. The largest absolute Gasteiger partial charge is 0.400 e. The molecule has 0 spiro atoms. The molecule has 89 heavy (non-hydrogen) atoms. The molecule has 0 aromatic heterocycles. The van der Waals surface area contributed by atoms with Gasteiger partial charge in [-0.1, -0.05) is 301 Å². The molecular weight excluding hydrogens is 1150 g/mol. The van der Waals surface area contributed by atoms with Gasteiger partial charge < -0.3 is 76.6 Å². The zero-order chi connectivity index (χ0) is 75.6. The van der Waals surface area contributed by atoms with E-state index in [4.69, 9.17) is 79.2 Å². The van der Waals surface area contributed by atoms with Gasteiger partial charge in [0.2, 0.25) is 0 Å². The lowest BCUT2D eigenvalue weighted by atomic mass is 10.2. The van der Waals surface area contributed by atoms with Crippen LogP contribution >= 0.6 is 9.79 Å². The van der Waals surface area contributed by atoms with Crippen LogP contribution < -0.4 is 0 Å². The fourth-order valence-electron chi connectivity index (χ4n) is 4.28. The Bertz CT molecular complexity index is 1590. The Labute approximate surface area is 549 Å². The molecule has 16 heteroatoms. The van der Waals surface area contributed by atoms with Crippen molar-refractivity contribution >= 4 is 9.79 Å². The first-order valence-electron chi connectivity index (χ1n) is 28.0. The van der Waals surface area contributed by atoms with Gasteiger partial charge in [0.25, 0.3) is 0 Å². The van der Waals surface area contributed by atoms with Gasteiger partial charge >= 0.3 is 0 Å². The van der Waals surface area contributed by atoms with E-state index in [0.29, 0.717) is 0 Å². The highest BCUT2D eigenvalue weighted by atomic mass is 31.0. The third-order valence-corrected chi connectivity index (χ3v) is 7.52. The molecular formula is C73H133O15P. The van der Waals surface area contributed by atoms with Crippen LogP contribution in [0.3, 0.4) is 0 Å². The minimum Gasteiger partial charge on any atom is -0.400 e. The van der Waals surface area contributed by atoms with Crippen LogP contribution in [-0.2, 0) is 0 Å². The second-order valence-electron chi connectivity index (χ2n) is 13.2. The Balaban J connectivity index is -0.0000000429. The Morgan fingerprint density at radius 3 is 0.225 bits per heavy atom. The number of rotatable bonds is 0. The summed E-state index contributed by atoms with van der Waals surface area (Å²) in [6.07, 6.45) is 0. The zero-order valence-electron chi connectivity index (χ0n) is 61.3. The molecule has 0 aliphatic carbocycles. The maximum Gasteiger partial charge on any atom is 0.0511 e. The molecule has 0 amide bonds. The SMILES string of the molecule is CC.CO.CO.CO.CO.CO.CO.CO.CO.CO.CO.CO.CO.CO.CO.CO.Cc1ccccc1.Cc1ccccc1.Cc1ccccc1.Cc1ccccc1.Cc1ccccc1.Cc1ccccc1.Cc1ccccc1.Cc1ccccc1.[2H]P[2H]. The molecule has 0 bridgehead atoms. The van der Waals surface area contributed by atoms with Crippen molar-refractivity contribution in [3.8, 4) is 0 Å². The summed E-state index contributed by atoms with van der Waals surface area (Å²) in [6, 6.07) is 82.1. The van der Waals surface area contributed by atoms with Crippen molar-refractivity contribution in [2.24, 2.45) is 0 Å². The molecule has 0 heterocycles. The van der Waals surface area contributed by atoms with Gasteiger partial charge in [-0.3, -0.25) is 0 Å². The molecule has 0 saturated heterocycles. The van der Waals surface area contributed by atoms with Crippen LogP contribution in [0.2, 0.25) is 0 Å². The van der Waals surface area contributed by atoms with Gasteiger partial charge in [-0.05, 0) is 55.4 Å². The number of aliphatic hydroxyl groups excluding tert-OH is 15. The van der Waals surface area contributed by atoms with Crippen LogP contribution in [0.4, 0.5) is 0 Å². The second-order valence-corrected chi connectivity index (χ2v) is 13.2. The molecule has 0 fully saturated rings. The van der Waals surface area contributed by atoms with E-state index in [2.05, 4.69) is 152 Å². The van der Waals surface area contributed by atoms with Gasteiger partial charge in [0.15, 0.2) is 0 Å². The van der Waals surface area contributed by atoms with E-state index >= 15 is 0 Å². The third-order valence-electron chi connectivity index (χ3n) is 7.52. The first-order chi connectivity index (χ1) is 44.6. The number of benzene rings is 8. The molecule has 0 saturated carbocycles. The maximum atomic E-state index is 7.00. The molecule has 0 aliphatic heterocycles. The van der Waals surface area contributed by atoms with Crippen molar-refractivity contribution in [2.75, 3.05) is 107 Å². The molecule has 15 N–H and O–H groups in total. The molecule has 0 aliphatic rings. The Morgan fingerprint density at radius 2 is 0.202 bits per heavy atom. The summed E-state index contributed by atoms with van der Waals surface area (Å²) in [6.45, 7) is 20.7. The molecule has 8 aromatic carbocycles. The monoisotopic (exact) mass is 1280 g/mol. The van der Waals surface area contributed by atoms with Gasteiger partial charge in [0, 0.05) is 107 Å². The fourth-order valence-corrected chi connectivity index (χ4v) is 4.28. The molecule has 8 rings (SSSR count).